The van der Waals surface area contributed by atoms with Crippen LogP contribution in [0.15, 0.2) is 162 Å². The third-order valence-corrected chi connectivity index (χ3v) is 15.2. The molecule has 1 radical (unpaired) electrons. The van der Waals surface area contributed by atoms with Gasteiger partial charge in [-0.15, -0.1) is 54.1 Å². The van der Waals surface area contributed by atoms with Crippen LogP contribution in [0.3, 0.4) is 0 Å². The molecule has 69 heavy (non-hydrogen) atoms. The minimum atomic E-state index is -1.40. The molecule has 0 aliphatic rings. The Hall–Kier alpha value is -6.50. The van der Waals surface area contributed by atoms with Gasteiger partial charge in [-0.2, -0.15) is 0 Å². The van der Waals surface area contributed by atoms with Crippen LogP contribution < -0.4 is 5.19 Å². The Labute approximate surface area is 421 Å². The minimum Gasteiger partial charge on any atom is -0.501 e. The number of aromatic nitrogens is 4. The molecule has 0 bridgehead atoms. The quantitative estimate of drug-likeness (QED) is 0.0907. The summed E-state index contributed by atoms with van der Waals surface area (Å²) in [5.41, 5.74) is 12.9. The Morgan fingerprint density at radius 1 is 0.609 bits per heavy atom. The largest absolute Gasteiger partial charge is 0.501 e. The third kappa shape index (κ3) is 9.12. The second-order valence-electron chi connectivity index (χ2n) is 20.7. The Morgan fingerprint density at radius 2 is 1.30 bits per heavy atom. The molecular weight excluding hydrogens is 1040 g/mol. The number of rotatable bonds is 7. The van der Waals surface area contributed by atoms with Gasteiger partial charge in [-0.1, -0.05) is 157 Å². The van der Waals surface area contributed by atoms with E-state index in [-0.39, 0.29) is 37.4 Å². The smallest absolute Gasteiger partial charge is 0.121 e. The van der Waals surface area contributed by atoms with Gasteiger partial charge < -0.3 is 8.98 Å². The molecule has 0 aliphatic heterocycles. The standard InChI is InChI=1S/C48H43N2OSi.C14H15N2.Ir/c1-29(2)39-26-34(31-21-23-35(24-22-31)52(5,6)7)27-40(30(3)4)46(39)50-44-18-11-10-17-43(44)49-48(50)38-16-12-15-37-42-25-33-20-19-32-13-8-9-14-36(32)41(33)28-45(42)51-47(37)38;1-14(2,3)12-9-10-15-13(16-12)11-7-5-4-6-8-11;/h8-15,17-30H,1-7H3;4-7,9-10H,1-3H3;/q2*-1;. The van der Waals surface area contributed by atoms with Gasteiger partial charge in [0.05, 0.1) is 36.3 Å². The summed E-state index contributed by atoms with van der Waals surface area (Å²) in [5, 5.41) is 8.51. The SMILES string of the molecule is CC(C)(C)c1ccnc(-c2[c-]cccc2)n1.CC(C)c1cc(-c2ccc([Si](C)(C)C)cc2)cc(C(C)C)c1-n1c(-c2[c-]ccc3c2oc2cc4c(ccc5ccccc54)cc23)nc2ccccc21.[Ir]. The van der Waals surface area contributed by atoms with Crippen molar-refractivity contribution in [2.45, 2.75) is 85.4 Å². The van der Waals surface area contributed by atoms with Gasteiger partial charge >= 0.3 is 0 Å². The molecule has 11 rings (SSSR count). The summed E-state index contributed by atoms with van der Waals surface area (Å²) in [6, 6.07) is 60.8. The van der Waals surface area contributed by atoms with Crippen molar-refractivity contribution in [1.82, 2.24) is 19.5 Å². The van der Waals surface area contributed by atoms with Gasteiger partial charge in [-0.05, 0) is 98.1 Å². The van der Waals surface area contributed by atoms with Crippen molar-refractivity contribution in [1.29, 1.82) is 0 Å². The van der Waals surface area contributed by atoms with Gasteiger partial charge in [0.1, 0.15) is 5.58 Å². The normalized spacial score (nSPS) is 12.1. The van der Waals surface area contributed by atoms with E-state index in [1.807, 2.05) is 42.6 Å². The molecule has 0 N–H and O–H groups in total. The number of fused-ring (bicyclic) bond motifs is 7. The fourth-order valence-corrected chi connectivity index (χ4v) is 10.6. The first-order chi connectivity index (χ1) is 32.6. The number of para-hydroxylation sites is 2. The van der Waals surface area contributed by atoms with Crippen molar-refractivity contribution < 1.29 is 24.5 Å². The molecule has 11 aromatic rings. The van der Waals surface area contributed by atoms with E-state index < -0.39 is 8.07 Å². The molecule has 3 heterocycles. The van der Waals surface area contributed by atoms with Crippen LogP contribution >= 0.6 is 0 Å². The second-order valence-corrected chi connectivity index (χ2v) is 25.8. The molecule has 5 nitrogen and oxygen atoms in total. The third-order valence-electron chi connectivity index (χ3n) is 13.2. The first-order valence-electron chi connectivity index (χ1n) is 23.9. The number of nitrogens with zero attached hydrogens (tertiary/aromatic N) is 4. The molecule has 8 aromatic carbocycles. The average molecular weight is 1100 g/mol. The number of benzene rings is 8. The van der Waals surface area contributed by atoms with Gasteiger partial charge in [0.15, 0.2) is 0 Å². The predicted molar refractivity (Wildman–Crippen MR) is 289 cm³/mol. The zero-order chi connectivity index (χ0) is 47.5. The molecule has 0 spiro atoms. The van der Waals surface area contributed by atoms with Crippen LogP contribution in [-0.4, -0.2) is 27.6 Å². The van der Waals surface area contributed by atoms with Crippen molar-refractivity contribution in [2.24, 2.45) is 0 Å². The van der Waals surface area contributed by atoms with Crippen LogP contribution in [0.25, 0.3) is 94.1 Å². The summed E-state index contributed by atoms with van der Waals surface area (Å²) in [7, 11) is -1.40. The van der Waals surface area contributed by atoms with E-state index in [0.717, 1.165) is 61.4 Å². The van der Waals surface area contributed by atoms with E-state index in [1.54, 1.807) is 0 Å². The maximum atomic E-state index is 6.87. The zero-order valence-electron chi connectivity index (χ0n) is 41.2. The molecule has 0 fully saturated rings. The van der Waals surface area contributed by atoms with E-state index in [9.17, 15) is 0 Å². The predicted octanol–water partition coefficient (Wildman–Crippen LogP) is 16.4. The summed E-state index contributed by atoms with van der Waals surface area (Å²) in [6.45, 7) is 22.9. The van der Waals surface area contributed by atoms with Crippen LogP contribution in [0.4, 0.5) is 0 Å². The number of hydrogen-bond donors (Lipinski definition) is 0. The average Bonchev–Trinajstić information content (AvgIpc) is 3.91. The first kappa shape index (κ1) is 47.6. The Morgan fingerprint density at radius 3 is 2.00 bits per heavy atom. The fourth-order valence-electron chi connectivity index (χ4n) is 9.41. The van der Waals surface area contributed by atoms with Gasteiger partial charge in [-0.25, -0.2) is 0 Å². The summed E-state index contributed by atoms with van der Waals surface area (Å²) >= 11 is 0. The van der Waals surface area contributed by atoms with E-state index >= 15 is 0 Å². The number of hydrogen-bond acceptors (Lipinski definition) is 4. The topological polar surface area (TPSA) is 56.7 Å². The van der Waals surface area contributed by atoms with Crippen LogP contribution in [0.1, 0.15) is 77.1 Å². The van der Waals surface area contributed by atoms with Gasteiger partial charge in [0, 0.05) is 48.5 Å². The van der Waals surface area contributed by atoms with Crippen LogP contribution in [-0.2, 0) is 25.5 Å². The maximum Gasteiger partial charge on any atom is 0.121 e. The number of imidazole rings is 1. The maximum absolute atomic E-state index is 6.87. The van der Waals surface area contributed by atoms with Crippen molar-refractivity contribution in [2.75, 3.05) is 0 Å². The minimum absolute atomic E-state index is 0. The molecule has 347 valence electrons. The second kappa shape index (κ2) is 18.8. The van der Waals surface area contributed by atoms with E-state index in [0.29, 0.717) is 0 Å². The molecule has 0 amide bonds. The van der Waals surface area contributed by atoms with Crippen LogP contribution in [0.2, 0.25) is 19.6 Å². The van der Waals surface area contributed by atoms with Gasteiger partial charge in [0.2, 0.25) is 0 Å². The van der Waals surface area contributed by atoms with Crippen LogP contribution in [0.5, 0.6) is 0 Å². The van der Waals surface area contributed by atoms with Crippen LogP contribution in [0, 0.1) is 12.1 Å². The molecule has 0 saturated heterocycles. The van der Waals surface area contributed by atoms with Crippen molar-refractivity contribution in [3.63, 3.8) is 0 Å². The fraction of sp³-hybridized carbons (Fsp3) is 0.210. The molecule has 0 saturated carbocycles. The molecule has 0 atom stereocenters. The van der Waals surface area contributed by atoms with Crippen molar-refractivity contribution in [3.05, 3.63) is 187 Å². The van der Waals surface area contributed by atoms with Crippen molar-refractivity contribution >= 4 is 67.8 Å². The summed E-state index contributed by atoms with van der Waals surface area (Å²) in [6.07, 6.45) is 1.81. The van der Waals surface area contributed by atoms with Gasteiger partial charge in [0.25, 0.3) is 0 Å². The van der Waals surface area contributed by atoms with E-state index in [2.05, 4.69) is 210 Å². The molecule has 7 heteroatoms. The zero-order valence-corrected chi connectivity index (χ0v) is 44.6. The molecule has 3 aromatic heterocycles. The first-order valence-corrected chi connectivity index (χ1v) is 27.4. The Balaban J connectivity index is 0.000000296. The van der Waals surface area contributed by atoms with E-state index in [4.69, 9.17) is 9.40 Å². The summed E-state index contributed by atoms with van der Waals surface area (Å²) < 4.78 is 9.26. The molecule has 0 aliphatic carbocycles. The number of furan rings is 1. The Kier molecular flexibility index (Phi) is 12.9. The molecular formula is C62H58IrN4OSi-2. The summed E-state index contributed by atoms with van der Waals surface area (Å²) in [4.78, 5) is 14.2. The van der Waals surface area contributed by atoms with Gasteiger partial charge in [-0.3, -0.25) is 15.0 Å². The molecule has 0 unspecified atom stereocenters. The summed E-state index contributed by atoms with van der Waals surface area (Å²) in [5.74, 6) is 2.14. The van der Waals surface area contributed by atoms with E-state index in [1.165, 1.54) is 54.7 Å². The Bertz CT molecular complexity index is 3620. The monoisotopic (exact) mass is 1100 g/mol. The van der Waals surface area contributed by atoms with Crippen molar-refractivity contribution in [3.8, 4) is 39.6 Å².